The predicted octanol–water partition coefficient (Wildman–Crippen LogP) is -2.48. The molecule has 0 saturated heterocycles. The molecule has 1 nitrogen and oxygen atoms in total. The molecular formula is B7N. The fourth-order valence-corrected chi connectivity index (χ4v) is 0.199. The second-order valence-electron chi connectivity index (χ2n) is 1.37. The molecule has 0 N–H and O–H groups in total. The molecule has 0 bridgehead atoms. The Labute approximate surface area is 56.4 Å². The molecule has 0 spiro atoms. The molecule has 0 aromatic rings. The van der Waals surface area contributed by atoms with Gasteiger partial charge in [-0.2, -0.15) is 0 Å². The molecule has 0 atom stereocenters. The van der Waals surface area contributed by atoms with Crippen molar-refractivity contribution in [2.75, 3.05) is 0 Å². The zero-order valence-corrected chi connectivity index (χ0v) is 4.49. The summed E-state index contributed by atoms with van der Waals surface area (Å²) < 4.78 is 0. The predicted molar refractivity (Wildman–Crippen MR) is 42.7 cm³/mol. The van der Waals surface area contributed by atoms with Crippen LogP contribution in [0.5, 0.6) is 0 Å². The molecule has 0 fully saturated rings. The molecule has 0 aliphatic carbocycles. The van der Waals surface area contributed by atoms with E-state index in [-0.39, 0.29) is 0 Å². The standard InChI is InChI=1S/B7N/c1-6(2)5-8-7(3)4. The van der Waals surface area contributed by atoms with Gasteiger partial charge in [0.25, 0.3) is 0 Å². The maximum atomic E-state index is 5.06. The van der Waals surface area contributed by atoms with Crippen LogP contribution in [0.4, 0.5) is 0 Å². The summed E-state index contributed by atoms with van der Waals surface area (Å²) in [7, 11) is 20.1. The first-order chi connectivity index (χ1) is 3.63. The zero-order chi connectivity index (χ0) is 6.57. The second kappa shape index (κ2) is 4.17. The average molecular weight is 89.7 g/mol. The van der Waals surface area contributed by atoms with Crippen LogP contribution in [0, 0.1) is 0 Å². The van der Waals surface area contributed by atoms with E-state index < -0.39 is 13.0 Å². The van der Waals surface area contributed by atoms with Crippen molar-refractivity contribution in [1.82, 2.24) is 0 Å². The maximum absolute atomic E-state index is 5.06. The van der Waals surface area contributed by atoms with Gasteiger partial charge in [-0.15, -0.1) is 0 Å². The van der Waals surface area contributed by atoms with Crippen molar-refractivity contribution in [3.05, 3.63) is 0 Å². The SMILES string of the molecule is [B]B([B])B=NB([B])[B]. The van der Waals surface area contributed by atoms with Crippen LogP contribution in [0.2, 0.25) is 0 Å². The molecule has 0 unspecified atom stereocenters. The molecule has 0 amide bonds. The monoisotopic (exact) mass is 91.1 g/mol. The third-order valence-electron chi connectivity index (χ3n) is 0.430. The van der Waals surface area contributed by atoms with Crippen LogP contribution in [0.15, 0.2) is 4.81 Å². The van der Waals surface area contributed by atoms with Gasteiger partial charge in [-0.3, -0.25) is 0 Å². The summed E-state index contributed by atoms with van der Waals surface area (Å²) in [6.45, 7) is 0.592. The molecule has 0 saturated carbocycles. The number of hydrogen-bond acceptors (Lipinski definition) is 1. The molecule has 8 heavy (non-hydrogen) atoms. The summed E-state index contributed by atoms with van der Waals surface area (Å²) in [6, 6.07) is 0. The Morgan fingerprint density at radius 3 is 1.75 bits per heavy atom. The first-order valence-electron chi connectivity index (χ1n) is 2.18. The first-order valence-corrected chi connectivity index (χ1v) is 2.18. The molecule has 26 valence electrons. The molecular weight excluding hydrogens is 89.7 g/mol. The Bertz CT molecular complexity index is 62.5. The minimum atomic E-state index is -0.704. The van der Waals surface area contributed by atoms with Gasteiger partial charge in [0.1, 0.15) is 0 Å². The fourth-order valence-electron chi connectivity index (χ4n) is 0.199. The van der Waals surface area contributed by atoms with Crippen molar-refractivity contribution in [2.45, 2.75) is 0 Å². The number of nitrogens with zero attached hydrogens (tertiary/aromatic N) is 1. The van der Waals surface area contributed by atoms with Crippen LogP contribution >= 0.6 is 0 Å². The van der Waals surface area contributed by atoms with Crippen molar-refractivity contribution in [2.24, 2.45) is 4.81 Å². The summed E-state index contributed by atoms with van der Waals surface area (Å²) in [4.78, 5) is 3.50. The normalized spacial score (nSPS) is 8.50. The fraction of sp³-hybridized carbons (Fsp3) is 0. The third-order valence-corrected chi connectivity index (χ3v) is 0.430. The Kier molecular flexibility index (Phi) is 4.30. The van der Waals surface area contributed by atoms with Gasteiger partial charge in [0.15, 0.2) is 0 Å². The molecule has 8 radical (unpaired) electrons. The number of rotatable bonds is 2. The van der Waals surface area contributed by atoms with E-state index in [1.54, 1.807) is 0 Å². The van der Waals surface area contributed by atoms with Crippen LogP contribution in [0.1, 0.15) is 0 Å². The van der Waals surface area contributed by atoms with Gasteiger partial charge in [-0.25, -0.2) is 0 Å². The van der Waals surface area contributed by atoms with Crippen molar-refractivity contribution in [3.8, 4) is 0 Å². The molecule has 8 heteroatoms. The quantitative estimate of drug-likeness (QED) is 0.333. The molecule has 0 heterocycles. The van der Waals surface area contributed by atoms with E-state index in [0.29, 0.717) is 0 Å². The van der Waals surface area contributed by atoms with Crippen molar-refractivity contribution < 1.29 is 0 Å². The van der Waals surface area contributed by atoms with Crippen LogP contribution < -0.4 is 0 Å². The van der Waals surface area contributed by atoms with E-state index in [1.807, 2.05) is 0 Å². The molecule has 0 aromatic carbocycles. The van der Waals surface area contributed by atoms with Crippen molar-refractivity contribution >= 4 is 50.9 Å². The zero-order valence-electron chi connectivity index (χ0n) is 4.49. The molecule has 0 aliphatic heterocycles. The summed E-state index contributed by atoms with van der Waals surface area (Å²) in [5.41, 5.74) is 0. The first kappa shape index (κ1) is 8.25. The Morgan fingerprint density at radius 2 is 1.62 bits per heavy atom. The second-order valence-corrected chi connectivity index (χ2v) is 1.37. The van der Waals surface area contributed by atoms with E-state index in [2.05, 4.69) is 4.81 Å². The van der Waals surface area contributed by atoms with Gasteiger partial charge in [0.05, 0.1) is 0 Å². The molecule has 0 rings (SSSR count). The summed E-state index contributed by atoms with van der Waals surface area (Å²) in [6.07, 6.45) is -0.565. The van der Waals surface area contributed by atoms with E-state index >= 15 is 0 Å². The van der Waals surface area contributed by atoms with Crippen molar-refractivity contribution in [3.63, 3.8) is 0 Å². The van der Waals surface area contributed by atoms with Gasteiger partial charge < -0.3 is 0 Å². The van der Waals surface area contributed by atoms with Gasteiger partial charge in [-0.05, 0) is 0 Å². The van der Waals surface area contributed by atoms with Crippen LogP contribution in [-0.2, 0) is 0 Å². The Hall–Kier alpha value is 0.255. The topological polar surface area (TPSA) is 12.4 Å². The number of hydrogen-bond donors (Lipinski definition) is 0. The van der Waals surface area contributed by atoms with Crippen LogP contribution in [0.25, 0.3) is 0 Å². The third kappa shape index (κ3) is 6.25. The van der Waals surface area contributed by atoms with Crippen LogP contribution in [-0.4, -0.2) is 50.9 Å². The Morgan fingerprint density at radius 1 is 1.12 bits per heavy atom. The molecule has 0 aromatic heterocycles. The van der Waals surface area contributed by atoms with Gasteiger partial charge in [-0.1, -0.05) is 0 Å². The Balaban J connectivity index is 3.34. The van der Waals surface area contributed by atoms with Crippen molar-refractivity contribution in [1.29, 1.82) is 0 Å². The summed E-state index contributed by atoms with van der Waals surface area (Å²) in [5, 5.41) is 0. The average Bonchev–Trinajstić information content (AvgIpc) is 1.61. The summed E-state index contributed by atoms with van der Waals surface area (Å²) >= 11 is 0. The van der Waals surface area contributed by atoms with Gasteiger partial charge in [0.2, 0.25) is 0 Å². The van der Waals surface area contributed by atoms with E-state index in [1.165, 1.54) is 6.96 Å². The minimum absolute atomic E-state index is 0.565. The van der Waals surface area contributed by atoms with Gasteiger partial charge >= 0.3 is 55.7 Å². The summed E-state index contributed by atoms with van der Waals surface area (Å²) in [5.74, 6) is 0. The van der Waals surface area contributed by atoms with E-state index in [4.69, 9.17) is 30.9 Å². The van der Waals surface area contributed by atoms with E-state index in [9.17, 15) is 0 Å². The van der Waals surface area contributed by atoms with Crippen LogP contribution in [0.3, 0.4) is 0 Å². The molecule has 0 aliphatic rings. The van der Waals surface area contributed by atoms with E-state index in [0.717, 1.165) is 0 Å². The van der Waals surface area contributed by atoms with Gasteiger partial charge in [0, 0.05) is 0 Å².